The van der Waals surface area contributed by atoms with Crippen LogP contribution in [0.3, 0.4) is 0 Å². The highest BCUT2D eigenvalue weighted by molar-refractivity contribution is 4.61. The van der Waals surface area contributed by atoms with Crippen LogP contribution in [-0.2, 0) is 0 Å². The molecule has 0 aromatic carbocycles. The van der Waals surface area contributed by atoms with E-state index in [1.807, 2.05) is 0 Å². The topological polar surface area (TPSA) is 0 Å². The second-order valence-corrected chi connectivity index (χ2v) is 11.1. The predicted molar refractivity (Wildman–Crippen MR) is 145 cm³/mol. The van der Waals surface area contributed by atoms with Crippen LogP contribution in [0.5, 0.6) is 0 Å². The lowest BCUT2D eigenvalue weighted by molar-refractivity contribution is 0.356. The van der Waals surface area contributed by atoms with Crippen molar-refractivity contribution < 1.29 is 0 Å². The molecule has 0 amide bonds. The normalized spacial score (nSPS) is 13.5. The van der Waals surface area contributed by atoms with E-state index in [0.29, 0.717) is 0 Å². The van der Waals surface area contributed by atoms with E-state index < -0.39 is 0 Å². The molecule has 0 aliphatic rings. The molecule has 0 rings (SSSR count). The van der Waals surface area contributed by atoms with Crippen molar-refractivity contribution >= 4 is 0 Å². The molecular formula is C31H64. The molecular weight excluding hydrogens is 372 g/mol. The van der Waals surface area contributed by atoms with Gasteiger partial charge in [0, 0.05) is 0 Å². The van der Waals surface area contributed by atoms with E-state index in [1.165, 1.54) is 161 Å². The standard InChI is InChI=1S/C31H64/c1-5-7-9-11-13-15-17-18-20-22-24-26-28-31(4)29-30(3)27-25-23-21-19-16-14-12-10-8-6-2/h30-31H,5-29H2,1-4H3. The number of hydrogen-bond donors (Lipinski definition) is 0. The molecule has 188 valence electrons. The summed E-state index contributed by atoms with van der Waals surface area (Å²) in [6.45, 7) is 9.63. The number of hydrogen-bond acceptors (Lipinski definition) is 0. The highest BCUT2D eigenvalue weighted by atomic mass is 14.1. The van der Waals surface area contributed by atoms with Crippen molar-refractivity contribution in [3.63, 3.8) is 0 Å². The maximum Gasteiger partial charge on any atom is -0.0440 e. The first kappa shape index (κ1) is 31.0. The van der Waals surface area contributed by atoms with Gasteiger partial charge in [0.15, 0.2) is 0 Å². The average Bonchev–Trinajstić information content (AvgIpc) is 2.75. The molecule has 0 aromatic heterocycles. The molecule has 0 aliphatic carbocycles. The van der Waals surface area contributed by atoms with E-state index in [0.717, 1.165) is 11.8 Å². The van der Waals surface area contributed by atoms with Crippen LogP contribution in [-0.4, -0.2) is 0 Å². The van der Waals surface area contributed by atoms with Crippen LogP contribution in [0, 0.1) is 11.8 Å². The van der Waals surface area contributed by atoms with Crippen molar-refractivity contribution in [1.29, 1.82) is 0 Å². The summed E-state index contributed by atoms with van der Waals surface area (Å²) in [6.07, 6.45) is 36.6. The summed E-state index contributed by atoms with van der Waals surface area (Å²) >= 11 is 0. The Kier molecular flexibility index (Phi) is 26.3. The van der Waals surface area contributed by atoms with E-state index in [2.05, 4.69) is 27.7 Å². The van der Waals surface area contributed by atoms with Gasteiger partial charge in [-0.3, -0.25) is 0 Å². The van der Waals surface area contributed by atoms with Gasteiger partial charge in [0.25, 0.3) is 0 Å². The van der Waals surface area contributed by atoms with Gasteiger partial charge in [-0.2, -0.15) is 0 Å². The van der Waals surface area contributed by atoms with Gasteiger partial charge < -0.3 is 0 Å². The lowest BCUT2D eigenvalue weighted by Gasteiger charge is -2.17. The van der Waals surface area contributed by atoms with Crippen LogP contribution in [0.2, 0.25) is 0 Å². The molecule has 0 heterocycles. The minimum Gasteiger partial charge on any atom is -0.0654 e. The molecule has 0 saturated heterocycles. The van der Waals surface area contributed by atoms with Crippen LogP contribution >= 0.6 is 0 Å². The van der Waals surface area contributed by atoms with Crippen LogP contribution in [0.4, 0.5) is 0 Å². The lowest BCUT2D eigenvalue weighted by atomic mass is 9.89. The van der Waals surface area contributed by atoms with Gasteiger partial charge in [-0.15, -0.1) is 0 Å². The third-order valence-corrected chi connectivity index (χ3v) is 7.41. The molecule has 2 unspecified atom stereocenters. The summed E-state index contributed by atoms with van der Waals surface area (Å²) < 4.78 is 0. The first-order valence-corrected chi connectivity index (χ1v) is 15.2. The van der Waals surface area contributed by atoms with Gasteiger partial charge in [0.05, 0.1) is 0 Å². The second-order valence-electron chi connectivity index (χ2n) is 11.1. The maximum absolute atomic E-state index is 2.51. The summed E-state index contributed by atoms with van der Waals surface area (Å²) in [6, 6.07) is 0. The Bertz CT molecular complexity index is 307. The zero-order valence-electron chi connectivity index (χ0n) is 22.8. The average molecular weight is 437 g/mol. The number of rotatable bonds is 26. The molecule has 0 bridgehead atoms. The van der Waals surface area contributed by atoms with E-state index in [1.54, 1.807) is 0 Å². The van der Waals surface area contributed by atoms with Crippen molar-refractivity contribution in [1.82, 2.24) is 0 Å². The van der Waals surface area contributed by atoms with Crippen LogP contribution in [0.1, 0.15) is 188 Å². The van der Waals surface area contributed by atoms with Crippen molar-refractivity contribution in [3.8, 4) is 0 Å². The van der Waals surface area contributed by atoms with E-state index in [4.69, 9.17) is 0 Å². The monoisotopic (exact) mass is 437 g/mol. The van der Waals surface area contributed by atoms with Gasteiger partial charge in [-0.25, -0.2) is 0 Å². The zero-order chi connectivity index (χ0) is 22.8. The van der Waals surface area contributed by atoms with E-state index >= 15 is 0 Å². The van der Waals surface area contributed by atoms with Crippen molar-refractivity contribution in [2.45, 2.75) is 188 Å². The molecule has 0 saturated carbocycles. The fourth-order valence-electron chi connectivity index (χ4n) is 5.24. The van der Waals surface area contributed by atoms with Crippen molar-refractivity contribution in [2.75, 3.05) is 0 Å². The fourth-order valence-corrected chi connectivity index (χ4v) is 5.24. The summed E-state index contributed by atoms with van der Waals surface area (Å²) in [5, 5.41) is 0. The smallest absolute Gasteiger partial charge is 0.0440 e. The summed E-state index contributed by atoms with van der Waals surface area (Å²) in [4.78, 5) is 0. The molecule has 0 radical (unpaired) electrons. The SMILES string of the molecule is CCCCCCCCCCCCCCC(C)CC(C)CCCCCCCCCCCC. The van der Waals surface area contributed by atoms with Gasteiger partial charge in [0.2, 0.25) is 0 Å². The molecule has 0 heteroatoms. The van der Waals surface area contributed by atoms with Gasteiger partial charge >= 0.3 is 0 Å². The number of unbranched alkanes of at least 4 members (excludes halogenated alkanes) is 20. The summed E-state index contributed by atoms with van der Waals surface area (Å²) in [5.74, 6) is 1.89. The Morgan fingerprint density at radius 1 is 0.323 bits per heavy atom. The highest BCUT2D eigenvalue weighted by Crippen LogP contribution is 2.23. The first-order chi connectivity index (χ1) is 15.2. The van der Waals surface area contributed by atoms with Crippen LogP contribution in [0.25, 0.3) is 0 Å². The molecule has 0 N–H and O–H groups in total. The molecule has 2 atom stereocenters. The van der Waals surface area contributed by atoms with Crippen LogP contribution in [0.15, 0.2) is 0 Å². The molecule has 0 fully saturated rings. The molecule has 0 spiro atoms. The largest absolute Gasteiger partial charge is 0.0654 e. The Labute approximate surface area is 200 Å². The molecule has 0 aromatic rings. The molecule has 0 nitrogen and oxygen atoms in total. The molecule has 31 heavy (non-hydrogen) atoms. The predicted octanol–water partition coefficient (Wildman–Crippen LogP) is 12.1. The third kappa shape index (κ3) is 26.1. The second kappa shape index (κ2) is 26.3. The molecule has 0 aliphatic heterocycles. The van der Waals surface area contributed by atoms with E-state index in [-0.39, 0.29) is 0 Å². The fraction of sp³-hybridized carbons (Fsp3) is 1.00. The van der Waals surface area contributed by atoms with Crippen molar-refractivity contribution in [2.24, 2.45) is 11.8 Å². The maximum atomic E-state index is 2.51. The Morgan fingerprint density at radius 3 is 0.806 bits per heavy atom. The lowest BCUT2D eigenvalue weighted by Crippen LogP contribution is -2.03. The van der Waals surface area contributed by atoms with Gasteiger partial charge in [-0.05, 0) is 18.3 Å². The first-order valence-electron chi connectivity index (χ1n) is 15.2. The third-order valence-electron chi connectivity index (χ3n) is 7.41. The Morgan fingerprint density at radius 2 is 0.548 bits per heavy atom. The summed E-state index contributed by atoms with van der Waals surface area (Å²) in [7, 11) is 0. The highest BCUT2D eigenvalue weighted by Gasteiger charge is 2.08. The van der Waals surface area contributed by atoms with Gasteiger partial charge in [0.1, 0.15) is 0 Å². The zero-order valence-corrected chi connectivity index (χ0v) is 22.8. The minimum atomic E-state index is 0.946. The Hall–Kier alpha value is 0. The van der Waals surface area contributed by atoms with Crippen LogP contribution < -0.4 is 0 Å². The quantitative estimate of drug-likeness (QED) is 0.118. The van der Waals surface area contributed by atoms with E-state index in [9.17, 15) is 0 Å². The Balaban J connectivity index is 3.28. The van der Waals surface area contributed by atoms with Gasteiger partial charge in [-0.1, -0.05) is 182 Å². The minimum absolute atomic E-state index is 0.946. The van der Waals surface area contributed by atoms with Crippen molar-refractivity contribution in [3.05, 3.63) is 0 Å². The summed E-state index contributed by atoms with van der Waals surface area (Å²) in [5.41, 5.74) is 0.